The lowest BCUT2D eigenvalue weighted by atomic mass is 9.87. The van der Waals surface area contributed by atoms with Gasteiger partial charge in [0, 0.05) is 11.4 Å². The maximum Gasteiger partial charge on any atom is 0.175 e. The van der Waals surface area contributed by atoms with Crippen LogP contribution in [-0.2, 0) is 5.41 Å². The Labute approximate surface area is 139 Å². The Hall–Kier alpha value is -1.87. The summed E-state index contributed by atoms with van der Waals surface area (Å²) in [5.41, 5.74) is 5.91. The molecule has 116 valence electrons. The minimum Gasteiger partial charge on any atom is -0.332 e. The fourth-order valence-electron chi connectivity index (χ4n) is 2.21. The quantitative estimate of drug-likeness (QED) is 0.725. The molecule has 3 heteroatoms. The maximum absolute atomic E-state index is 5.40. The molecule has 2 aromatic carbocycles. The van der Waals surface area contributed by atoms with Crippen LogP contribution in [0.2, 0.25) is 0 Å². The molecule has 2 N–H and O–H groups in total. The number of thiocarbonyl (C=S) groups is 1. The highest BCUT2D eigenvalue weighted by Gasteiger charge is 2.12. The number of hydrogen-bond acceptors (Lipinski definition) is 1. The van der Waals surface area contributed by atoms with Gasteiger partial charge in [0.05, 0.1) is 0 Å². The molecule has 0 unspecified atom stereocenters. The normalized spacial score (nSPS) is 11.1. The van der Waals surface area contributed by atoms with Crippen molar-refractivity contribution in [1.29, 1.82) is 0 Å². The van der Waals surface area contributed by atoms with Gasteiger partial charge in [-0.1, -0.05) is 45.0 Å². The topological polar surface area (TPSA) is 24.1 Å². The molecule has 0 aliphatic rings. The van der Waals surface area contributed by atoms with Gasteiger partial charge in [-0.15, -0.1) is 0 Å². The number of hydrogen-bond donors (Lipinski definition) is 2. The summed E-state index contributed by atoms with van der Waals surface area (Å²) in [6, 6.07) is 14.7. The fourth-order valence-corrected chi connectivity index (χ4v) is 2.44. The second kappa shape index (κ2) is 6.49. The average molecular weight is 312 g/mol. The zero-order valence-corrected chi connectivity index (χ0v) is 14.8. The first-order chi connectivity index (χ1) is 10.3. The van der Waals surface area contributed by atoms with Crippen molar-refractivity contribution in [2.24, 2.45) is 0 Å². The molecule has 0 atom stereocenters. The SMILES string of the molecule is Cc1ccc(C)c(NC(=S)Nc2ccc(C(C)(C)C)cc2)c1. The molecule has 0 fully saturated rings. The van der Waals surface area contributed by atoms with E-state index < -0.39 is 0 Å². The lowest BCUT2D eigenvalue weighted by Gasteiger charge is -2.19. The summed E-state index contributed by atoms with van der Waals surface area (Å²) in [5, 5.41) is 7.11. The van der Waals surface area contributed by atoms with Gasteiger partial charge in [0.2, 0.25) is 0 Å². The van der Waals surface area contributed by atoms with Gasteiger partial charge in [0.1, 0.15) is 0 Å². The van der Waals surface area contributed by atoms with Gasteiger partial charge in [-0.05, 0) is 66.4 Å². The van der Waals surface area contributed by atoms with Crippen molar-refractivity contribution >= 4 is 28.7 Å². The molecule has 0 heterocycles. The highest BCUT2D eigenvalue weighted by atomic mass is 32.1. The molecular formula is C19H24N2S. The van der Waals surface area contributed by atoms with Gasteiger partial charge in [0.15, 0.2) is 5.11 Å². The molecule has 0 saturated heterocycles. The number of benzene rings is 2. The highest BCUT2D eigenvalue weighted by molar-refractivity contribution is 7.80. The molecule has 0 spiro atoms. The van der Waals surface area contributed by atoms with E-state index in [2.05, 4.69) is 87.7 Å². The smallest absolute Gasteiger partial charge is 0.175 e. The van der Waals surface area contributed by atoms with Gasteiger partial charge in [-0.2, -0.15) is 0 Å². The molecule has 2 aromatic rings. The van der Waals surface area contributed by atoms with Gasteiger partial charge >= 0.3 is 0 Å². The van der Waals surface area contributed by atoms with Gasteiger partial charge < -0.3 is 10.6 Å². The van der Waals surface area contributed by atoms with Crippen LogP contribution in [0, 0.1) is 13.8 Å². The second-order valence-electron chi connectivity index (χ2n) is 6.72. The van der Waals surface area contributed by atoms with E-state index in [4.69, 9.17) is 12.2 Å². The number of rotatable bonds is 2. The van der Waals surface area contributed by atoms with Crippen molar-refractivity contribution in [2.45, 2.75) is 40.0 Å². The minimum absolute atomic E-state index is 0.163. The number of aryl methyl sites for hydroxylation is 2. The van der Waals surface area contributed by atoms with E-state index in [1.165, 1.54) is 16.7 Å². The summed E-state index contributed by atoms with van der Waals surface area (Å²) in [4.78, 5) is 0. The van der Waals surface area contributed by atoms with Crippen LogP contribution in [0.25, 0.3) is 0 Å². The van der Waals surface area contributed by atoms with Crippen molar-refractivity contribution in [1.82, 2.24) is 0 Å². The number of anilines is 2. The molecular weight excluding hydrogens is 288 g/mol. The molecule has 0 aliphatic carbocycles. The first kappa shape index (κ1) is 16.5. The van der Waals surface area contributed by atoms with E-state index in [0.717, 1.165) is 11.4 Å². The van der Waals surface area contributed by atoms with Crippen LogP contribution < -0.4 is 10.6 Å². The van der Waals surface area contributed by atoms with E-state index in [1.54, 1.807) is 0 Å². The van der Waals surface area contributed by atoms with Crippen molar-refractivity contribution in [3.8, 4) is 0 Å². The van der Waals surface area contributed by atoms with Crippen molar-refractivity contribution in [3.05, 3.63) is 59.2 Å². The Kier molecular flexibility index (Phi) is 4.87. The fraction of sp³-hybridized carbons (Fsp3) is 0.316. The highest BCUT2D eigenvalue weighted by Crippen LogP contribution is 2.23. The summed E-state index contributed by atoms with van der Waals surface area (Å²) in [6.07, 6.45) is 0. The molecule has 0 aliphatic heterocycles. The van der Waals surface area contributed by atoms with Crippen molar-refractivity contribution in [3.63, 3.8) is 0 Å². The molecule has 0 aromatic heterocycles. The Morgan fingerprint density at radius 1 is 0.909 bits per heavy atom. The lowest BCUT2D eigenvalue weighted by Crippen LogP contribution is -2.20. The van der Waals surface area contributed by atoms with Crippen molar-refractivity contribution < 1.29 is 0 Å². The maximum atomic E-state index is 5.40. The number of nitrogens with one attached hydrogen (secondary N) is 2. The predicted molar refractivity (Wildman–Crippen MR) is 101 cm³/mol. The van der Waals surface area contributed by atoms with Crippen LogP contribution in [0.15, 0.2) is 42.5 Å². The summed E-state index contributed by atoms with van der Waals surface area (Å²) >= 11 is 5.40. The van der Waals surface area contributed by atoms with E-state index in [1.807, 2.05) is 0 Å². The Balaban J connectivity index is 2.04. The summed E-state index contributed by atoms with van der Waals surface area (Å²) in [6.45, 7) is 10.8. The third-order valence-electron chi connectivity index (χ3n) is 3.65. The molecule has 22 heavy (non-hydrogen) atoms. The summed E-state index contributed by atoms with van der Waals surface area (Å²) in [7, 11) is 0. The standard InChI is InChI=1S/C19H24N2S/c1-13-6-7-14(2)17(12-13)21-18(22)20-16-10-8-15(9-11-16)19(3,4)5/h6-12H,1-5H3,(H2,20,21,22). The first-order valence-electron chi connectivity index (χ1n) is 7.51. The lowest BCUT2D eigenvalue weighted by molar-refractivity contribution is 0.590. The van der Waals surface area contributed by atoms with E-state index in [9.17, 15) is 0 Å². The Morgan fingerprint density at radius 3 is 2.14 bits per heavy atom. The first-order valence-corrected chi connectivity index (χ1v) is 7.92. The minimum atomic E-state index is 0.163. The van der Waals surface area contributed by atoms with Crippen LogP contribution >= 0.6 is 12.2 Å². The van der Waals surface area contributed by atoms with Gasteiger partial charge in [-0.25, -0.2) is 0 Å². The van der Waals surface area contributed by atoms with Crippen LogP contribution in [0.4, 0.5) is 11.4 Å². The van der Waals surface area contributed by atoms with Crippen LogP contribution in [-0.4, -0.2) is 5.11 Å². The Morgan fingerprint density at radius 2 is 1.55 bits per heavy atom. The molecule has 2 rings (SSSR count). The zero-order valence-electron chi connectivity index (χ0n) is 13.9. The molecule has 0 saturated carbocycles. The Bertz CT molecular complexity index is 667. The van der Waals surface area contributed by atoms with Gasteiger partial charge in [0.25, 0.3) is 0 Å². The molecule has 0 radical (unpaired) electrons. The van der Waals surface area contributed by atoms with Crippen LogP contribution in [0.3, 0.4) is 0 Å². The van der Waals surface area contributed by atoms with Crippen LogP contribution in [0.5, 0.6) is 0 Å². The monoisotopic (exact) mass is 312 g/mol. The third-order valence-corrected chi connectivity index (χ3v) is 3.85. The van der Waals surface area contributed by atoms with E-state index in [-0.39, 0.29) is 5.41 Å². The zero-order chi connectivity index (χ0) is 16.3. The largest absolute Gasteiger partial charge is 0.332 e. The second-order valence-corrected chi connectivity index (χ2v) is 7.13. The van der Waals surface area contributed by atoms with E-state index in [0.29, 0.717) is 5.11 Å². The predicted octanol–water partition coefficient (Wildman–Crippen LogP) is 5.41. The average Bonchev–Trinajstić information content (AvgIpc) is 2.42. The summed E-state index contributed by atoms with van der Waals surface area (Å²) in [5.74, 6) is 0. The van der Waals surface area contributed by atoms with Gasteiger partial charge in [-0.3, -0.25) is 0 Å². The molecule has 0 bridgehead atoms. The summed E-state index contributed by atoms with van der Waals surface area (Å²) < 4.78 is 0. The third kappa shape index (κ3) is 4.31. The molecule has 0 amide bonds. The van der Waals surface area contributed by atoms with E-state index >= 15 is 0 Å². The van der Waals surface area contributed by atoms with Crippen molar-refractivity contribution in [2.75, 3.05) is 10.6 Å². The van der Waals surface area contributed by atoms with Crippen LogP contribution in [0.1, 0.15) is 37.5 Å². The molecule has 2 nitrogen and oxygen atoms in total.